The standard InChI is InChI=1S/C13H16F6N2.ClH/c14-12(15,16)8-4-5-9(10(7-8)13(17,18)19)11(21)3-1-2-6-20;/h4-5,7,11H,1-3,6,20-21H2;1H/t11-;/m1./s1. The van der Waals surface area contributed by atoms with Crippen molar-refractivity contribution in [3.8, 4) is 0 Å². The second-order valence-corrected chi connectivity index (χ2v) is 4.69. The van der Waals surface area contributed by atoms with Crippen molar-refractivity contribution in [2.45, 2.75) is 37.7 Å². The molecule has 4 N–H and O–H groups in total. The van der Waals surface area contributed by atoms with Gasteiger partial charge in [0, 0.05) is 6.04 Å². The Morgan fingerprint density at radius 2 is 1.55 bits per heavy atom. The number of alkyl halides is 6. The summed E-state index contributed by atoms with van der Waals surface area (Å²) in [6.07, 6.45) is -8.39. The summed E-state index contributed by atoms with van der Waals surface area (Å²) >= 11 is 0. The van der Waals surface area contributed by atoms with Gasteiger partial charge in [-0.1, -0.05) is 12.5 Å². The molecule has 1 atom stereocenters. The third-order valence-corrected chi connectivity index (χ3v) is 3.05. The first-order valence-electron chi connectivity index (χ1n) is 6.31. The van der Waals surface area contributed by atoms with Crippen LogP contribution in [0.1, 0.15) is 42.0 Å². The van der Waals surface area contributed by atoms with Gasteiger partial charge in [0.15, 0.2) is 0 Å². The minimum atomic E-state index is -4.89. The van der Waals surface area contributed by atoms with Crippen LogP contribution in [-0.4, -0.2) is 6.54 Å². The minimum absolute atomic E-state index is 0. The SMILES string of the molecule is Cl.NCCCC[C@@H](N)c1ccc(C(F)(F)F)cc1C(F)(F)F. The monoisotopic (exact) mass is 350 g/mol. The molecule has 0 aromatic heterocycles. The number of rotatable bonds is 5. The summed E-state index contributed by atoms with van der Waals surface area (Å²) in [6.45, 7) is 0.381. The Hall–Kier alpha value is -0.990. The van der Waals surface area contributed by atoms with E-state index in [-0.39, 0.29) is 30.5 Å². The zero-order valence-electron chi connectivity index (χ0n) is 11.5. The molecule has 0 saturated heterocycles. The van der Waals surface area contributed by atoms with Crippen LogP contribution in [0, 0.1) is 0 Å². The normalized spacial score (nSPS) is 13.6. The number of nitrogens with two attached hydrogens (primary N) is 2. The van der Waals surface area contributed by atoms with Gasteiger partial charge in [-0.15, -0.1) is 12.4 Å². The van der Waals surface area contributed by atoms with Crippen LogP contribution in [0.25, 0.3) is 0 Å². The maximum atomic E-state index is 12.9. The molecule has 0 aliphatic heterocycles. The molecular formula is C13H17ClF6N2. The van der Waals surface area contributed by atoms with E-state index in [2.05, 4.69) is 0 Å². The molecule has 1 rings (SSSR count). The van der Waals surface area contributed by atoms with E-state index < -0.39 is 29.5 Å². The van der Waals surface area contributed by atoms with E-state index in [9.17, 15) is 26.3 Å². The van der Waals surface area contributed by atoms with Gasteiger partial charge in [0.1, 0.15) is 0 Å². The average Bonchev–Trinajstić information content (AvgIpc) is 2.36. The molecule has 0 heterocycles. The van der Waals surface area contributed by atoms with Crippen molar-refractivity contribution in [3.05, 3.63) is 34.9 Å². The molecular weight excluding hydrogens is 334 g/mol. The van der Waals surface area contributed by atoms with Gasteiger partial charge in [-0.05, 0) is 37.1 Å². The third-order valence-electron chi connectivity index (χ3n) is 3.05. The molecule has 0 amide bonds. The van der Waals surface area contributed by atoms with Crippen molar-refractivity contribution < 1.29 is 26.3 Å². The predicted octanol–water partition coefficient (Wildman–Crippen LogP) is 4.27. The van der Waals surface area contributed by atoms with Crippen LogP contribution in [0.3, 0.4) is 0 Å². The Labute approximate surface area is 130 Å². The van der Waals surface area contributed by atoms with Crippen molar-refractivity contribution in [2.24, 2.45) is 11.5 Å². The molecule has 1 aromatic rings. The summed E-state index contributed by atoms with van der Waals surface area (Å²) in [4.78, 5) is 0. The molecule has 128 valence electrons. The summed E-state index contributed by atoms with van der Waals surface area (Å²) in [6, 6.07) is 0.556. The fourth-order valence-electron chi connectivity index (χ4n) is 1.97. The zero-order chi connectivity index (χ0) is 16.3. The highest BCUT2D eigenvalue weighted by atomic mass is 35.5. The van der Waals surface area contributed by atoms with E-state index in [1.807, 2.05) is 0 Å². The van der Waals surface area contributed by atoms with Gasteiger partial charge in [0.25, 0.3) is 0 Å². The molecule has 0 spiro atoms. The van der Waals surface area contributed by atoms with Crippen LogP contribution in [0.2, 0.25) is 0 Å². The molecule has 9 heteroatoms. The lowest BCUT2D eigenvalue weighted by molar-refractivity contribution is -0.143. The lowest BCUT2D eigenvalue weighted by Crippen LogP contribution is -2.19. The van der Waals surface area contributed by atoms with E-state index in [0.29, 0.717) is 25.5 Å². The molecule has 0 saturated carbocycles. The molecule has 0 aliphatic rings. The number of hydrogen-bond acceptors (Lipinski definition) is 2. The van der Waals surface area contributed by atoms with Gasteiger partial charge in [-0.25, -0.2) is 0 Å². The highest BCUT2D eigenvalue weighted by molar-refractivity contribution is 5.85. The smallest absolute Gasteiger partial charge is 0.330 e. The highest BCUT2D eigenvalue weighted by Gasteiger charge is 2.38. The number of halogens is 7. The van der Waals surface area contributed by atoms with Gasteiger partial charge in [0.2, 0.25) is 0 Å². The molecule has 1 aromatic carbocycles. The van der Waals surface area contributed by atoms with Crippen LogP contribution in [0.4, 0.5) is 26.3 Å². The van der Waals surface area contributed by atoms with Crippen LogP contribution in [0.5, 0.6) is 0 Å². The summed E-state index contributed by atoms with van der Waals surface area (Å²) in [5, 5.41) is 0. The summed E-state index contributed by atoms with van der Waals surface area (Å²) in [5.41, 5.74) is 7.94. The van der Waals surface area contributed by atoms with Crippen LogP contribution in [0.15, 0.2) is 18.2 Å². The topological polar surface area (TPSA) is 52.0 Å². The number of hydrogen-bond donors (Lipinski definition) is 2. The van der Waals surface area contributed by atoms with Gasteiger partial charge in [-0.2, -0.15) is 26.3 Å². The van der Waals surface area contributed by atoms with E-state index in [0.717, 1.165) is 6.07 Å². The molecule has 2 nitrogen and oxygen atoms in total. The number of benzene rings is 1. The maximum absolute atomic E-state index is 12.9. The van der Waals surface area contributed by atoms with Crippen molar-refractivity contribution in [1.29, 1.82) is 0 Å². The van der Waals surface area contributed by atoms with Gasteiger partial charge < -0.3 is 11.5 Å². The Bertz CT molecular complexity index is 473. The van der Waals surface area contributed by atoms with E-state index in [1.54, 1.807) is 0 Å². The first-order chi connectivity index (χ1) is 9.57. The Morgan fingerprint density at radius 1 is 0.955 bits per heavy atom. The van der Waals surface area contributed by atoms with Crippen molar-refractivity contribution >= 4 is 12.4 Å². The predicted molar refractivity (Wildman–Crippen MR) is 73.5 cm³/mol. The van der Waals surface area contributed by atoms with Gasteiger partial charge in [-0.3, -0.25) is 0 Å². The fraction of sp³-hybridized carbons (Fsp3) is 0.538. The van der Waals surface area contributed by atoms with Crippen LogP contribution < -0.4 is 11.5 Å². The zero-order valence-corrected chi connectivity index (χ0v) is 12.3. The fourth-order valence-corrected chi connectivity index (χ4v) is 1.97. The quantitative estimate of drug-likeness (QED) is 0.615. The maximum Gasteiger partial charge on any atom is 0.416 e. The molecule has 0 unspecified atom stereocenters. The molecule has 0 aliphatic carbocycles. The average molecular weight is 351 g/mol. The van der Waals surface area contributed by atoms with Crippen LogP contribution in [-0.2, 0) is 12.4 Å². The van der Waals surface area contributed by atoms with E-state index in [4.69, 9.17) is 11.5 Å². The second-order valence-electron chi connectivity index (χ2n) is 4.69. The van der Waals surface area contributed by atoms with E-state index in [1.165, 1.54) is 0 Å². The van der Waals surface area contributed by atoms with Crippen molar-refractivity contribution in [3.63, 3.8) is 0 Å². The van der Waals surface area contributed by atoms with Crippen LogP contribution >= 0.6 is 12.4 Å². The summed E-state index contributed by atoms with van der Waals surface area (Å²) < 4.78 is 76.3. The van der Waals surface area contributed by atoms with Crippen molar-refractivity contribution in [2.75, 3.05) is 6.54 Å². The Balaban J connectivity index is 0.00000441. The molecule has 22 heavy (non-hydrogen) atoms. The highest BCUT2D eigenvalue weighted by Crippen LogP contribution is 2.39. The lowest BCUT2D eigenvalue weighted by atomic mass is 9.94. The number of unbranched alkanes of at least 4 members (excludes halogenated alkanes) is 1. The first kappa shape index (κ1) is 21.0. The summed E-state index contributed by atoms with van der Waals surface area (Å²) in [5.74, 6) is 0. The van der Waals surface area contributed by atoms with Gasteiger partial charge in [0.05, 0.1) is 11.1 Å². The summed E-state index contributed by atoms with van der Waals surface area (Å²) in [7, 11) is 0. The lowest BCUT2D eigenvalue weighted by Gasteiger charge is -2.20. The Kier molecular flexibility index (Phi) is 7.67. The van der Waals surface area contributed by atoms with Crippen molar-refractivity contribution in [1.82, 2.24) is 0 Å². The third kappa shape index (κ3) is 5.66. The largest absolute Gasteiger partial charge is 0.416 e. The minimum Gasteiger partial charge on any atom is -0.330 e. The second kappa shape index (κ2) is 8.03. The Morgan fingerprint density at radius 3 is 2.00 bits per heavy atom. The van der Waals surface area contributed by atoms with E-state index >= 15 is 0 Å². The molecule has 0 bridgehead atoms. The molecule has 0 fully saturated rings. The van der Waals surface area contributed by atoms with Gasteiger partial charge >= 0.3 is 12.4 Å². The first-order valence-corrected chi connectivity index (χ1v) is 6.31. The molecule has 0 radical (unpaired) electrons.